The van der Waals surface area contributed by atoms with E-state index in [0.717, 1.165) is 35.4 Å². The van der Waals surface area contributed by atoms with E-state index in [1.807, 2.05) is 24.3 Å². The van der Waals surface area contributed by atoms with Gasteiger partial charge in [-0.2, -0.15) is 0 Å². The van der Waals surface area contributed by atoms with Crippen molar-refractivity contribution < 1.29 is 9.47 Å². The summed E-state index contributed by atoms with van der Waals surface area (Å²) in [6.45, 7) is 0.522. The van der Waals surface area contributed by atoms with Crippen LogP contribution in [0.25, 0.3) is 10.9 Å². The van der Waals surface area contributed by atoms with Gasteiger partial charge in [-0.3, -0.25) is 0 Å². The lowest BCUT2D eigenvalue weighted by Crippen LogP contribution is -2.26. The number of H-pyrrole nitrogens is 1. The van der Waals surface area contributed by atoms with Crippen molar-refractivity contribution in [2.24, 2.45) is 5.73 Å². The molecule has 1 aromatic heterocycles. The van der Waals surface area contributed by atoms with E-state index in [0.29, 0.717) is 18.6 Å². The monoisotopic (exact) mass is 350 g/mol. The minimum Gasteiger partial charge on any atom is -0.493 e. The van der Waals surface area contributed by atoms with E-state index >= 15 is 0 Å². The molecule has 3 aromatic rings. The third kappa shape index (κ3) is 3.42. The second kappa shape index (κ2) is 7.42. The maximum absolute atomic E-state index is 6.20. The fourth-order valence-corrected chi connectivity index (χ4v) is 4.01. The SMILES string of the molecule is COc1cc2c(C3CCCC(N)C3)c[nH]c2cc1OCc1ccccc1. The maximum Gasteiger partial charge on any atom is 0.163 e. The van der Waals surface area contributed by atoms with Gasteiger partial charge in [-0.15, -0.1) is 0 Å². The van der Waals surface area contributed by atoms with Crippen molar-refractivity contribution in [3.05, 3.63) is 59.8 Å². The van der Waals surface area contributed by atoms with Gasteiger partial charge in [0.1, 0.15) is 6.61 Å². The Morgan fingerprint density at radius 1 is 1.12 bits per heavy atom. The first-order chi connectivity index (χ1) is 12.7. The summed E-state index contributed by atoms with van der Waals surface area (Å²) in [4.78, 5) is 3.41. The summed E-state index contributed by atoms with van der Waals surface area (Å²) in [7, 11) is 1.69. The van der Waals surface area contributed by atoms with Crippen molar-refractivity contribution in [2.45, 2.75) is 44.2 Å². The molecule has 3 N–H and O–H groups in total. The van der Waals surface area contributed by atoms with Gasteiger partial charge in [-0.25, -0.2) is 0 Å². The Morgan fingerprint density at radius 3 is 2.73 bits per heavy atom. The Hall–Kier alpha value is -2.46. The van der Waals surface area contributed by atoms with Gasteiger partial charge in [-0.1, -0.05) is 36.8 Å². The Balaban J connectivity index is 1.62. The number of benzene rings is 2. The molecule has 2 aromatic carbocycles. The Labute approximate surface area is 154 Å². The number of hydrogen-bond donors (Lipinski definition) is 2. The van der Waals surface area contributed by atoms with Gasteiger partial charge in [0, 0.05) is 29.2 Å². The van der Waals surface area contributed by atoms with Gasteiger partial charge < -0.3 is 20.2 Å². The van der Waals surface area contributed by atoms with Gasteiger partial charge in [0.25, 0.3) is 0 Å². The topological polar surface area (TPSA) is 60.3 Å². The van der Waals surface area contributed by atoms with Crippen LogP contribution in [0.4, 0.5) is 0 Å². The molecule has 1 heterocycles. The van der Waals surface area contributed by atoms with E-state index in [1.54, 1.807) is 7.11 Å². The molecule has 26 heavy (non-hydrogen) atoms. The maximum atomic E-state index is 6.20. The first kappa shape index (κ1) is 17.0. The van der Waals surface area contributed by atoms with E-state index < -0.39 is 0 Å². The predicted molar refractivity (Wildman–Crippen MR) is 105 cm³/mol. The van der Waals surface area contributed by atoms with Gasteiger partial charge >= 0.3 is 0 Å². The number of ether oxygens (including phenoxy) is 2. The highest BCUT2D eigenvalue weighted by molar-refractivity contribution is 5.87. The van der Waals surface area contributed by atoms with E-state index in [4.69, 9.17) is 15.2 Å². The quantitative estimate of drug-likeness (QED) is 0.699. The third-order valence-corrected chi connectivity index (χ3v) is 5.39. The molecule has 0 aliphatic heterocycles. The molecule has 1 aliphatic carbocycles. The van der Waals surface area contributed by atoms with Crippen LogP contribution in [0.2, 0.25) is 0 Å². The van der Waals surface area contributed by atoms with Crippen molar-refractivity contribution in [1.29, 1.82) is 0 Å². The lowest BCUT2D eigenvalue weighted by atomic mass is 9.81. The molecule has 0 radical (unpaired) electrons. The summed E-state index contributed by atoms with van der Waals surface area (Å²) in [6, 6.07) is 14.6. The molecule has 0 saturated heterocycles. The molecule has 0 bridgehead atoms. The van der Waals surface area contributed by atoms with Crippen molar-refractivity contribution in [2.75, 3.05) is 7.11 Å². The molecule has 4 heteroatoms. The van der Waals surface area contributed by atoms with E-state index in [9.17, 15) is 0 Å². The second-order valence-corrected chi connectivity index (χ2v) is 7.19. The number of aromatic amines is 1. The number of fused-ring (bicyclic) bond motifs is 1. The highest BCUT2D eigenvalue weighted by Crippen LogP contribution is 2.40. The molecule has 1 aliphatic rings. The number of nitrogens with two attached hydrogens (primary N) is 1. The number of methoxy groups -OCH3 is 1. The smallest absolute Gasteiger partial charge is 0.163 e. The average molecular weight is 350 g/mol. The highest BCUT2D eigenvalue weighted by atomic mass is 16.5. The van der Waals surface area contributed by atoms with Crippen LogP contribution >= 0.6 is 0 Å². The summed E-state index contributed by atoms with van der Waals surface area (Å²) in [5, 5.41) is 1.22. The molecule has 136 valence electrons. The molecule has 4 rings (SSSR count). The average Bonchev–Trinajstić information content (AvgIpc) is 3.09. The summed E-state index contributed by atoms with van der Waals surface area (Å²) in [5.41, 5.74) is 9.77. The molecule has 0 spiro atoms. The minimum atomic E-state index is 0.314. The fraction of sp³-hybridized carbons (Fsp3) is 0.364. The molecular formula is C22H26N2O2. The van der Waals surface area contributed by atoms with Crippen LogP contribution in [0.3, 0.4) is 0 Å². The minimum absolute atomic E-state index is 0.314. The molecule has 0 amide bonds. The Bertz CT molecular complexity index is 872. The summed E-state index contributed by atoms with van der Waals surface area (Å²) < 4.78 is 11.6. The van der Waals surface area contributed by atoms with Crippen LogP contribution in [-0.2, 0) is 6.61 Å². The number of nitrogens with one attached hydrogen (secondary N) is 1. The molecule has 2 unspecified atom stereocenters. The highest BCUT2D eigenvalue weighted by Gasteiger charge is 2.23. The van der Waals surface area contributed by atoms with E-state index in [1.165, 1.54) is 23.8 Å². The van der Waals surface area contributed by atoms with Crippen molar-refractivity contribution in [1.82, 2.24) is 4.98 Å². The fourth-order valence-electron chi connectivity index (χ4n) is 4.01. The first-order valence-electron chi connectivity index (χ1n) is 9.36. The van der Waals surface area contributed by atoms with Crippen LogP contribution in [0.1, 0.15) is 42.7 Å². The largest absolute Gasteiger partial charge is 0.493 e. The molecule has 1 fully saturated rings. The number of hydrogen-bond acceptors (Lipinski definition) is 3. The molecule has 2 atom stereocenters. The number of rotatable bonds is 5. The summed E-state index contributed by atoms with van der Waals surface area (Å²) >= 11 is 0. The zero-order valence-corrected chi connectivity index (χ0v) is 15.2. The molecular weight excluding hydrogens is 324 g/mol. The Kier molecular flexibility index (Phi) is 4.85. The van der Waals surface area contributed by atoms with Crippen LogP contribution in [0.5, 0.6) is 11.5 Å². The lowest BCUT2D eigenvalue weighted by Gasteiger charge is -2.26. The number of aromatic nitrogens is 1. The van der Waals surface area contributed by atoms with Gasteiger partial charge in [-0.05, 0) is 42.4 Å². The first-order valence-corrected chi connectivity index (χ1v) is 9.36. The van der Waals surface area contributed by atoms with Gasteiger partial charge in [0.15, 0.2) is 11.5 Å². The predicted octanol–water partition coefficient (Wildman–Crippen LogP) is 4.74. The summed E-state index contributed by atoms with van der Waals surface area (Å²) in [5.74, 6) is 2.06. The zero-order valence-electron chi connectivity index (χ0n) is 15.2. The normalized spacial score (nSPS) is 20.2. The van der Waals surface area contributed by atoms with Crippen LogP contribution in [0.15, 0.2) is 48.7 Å². The van der Waals surface area contributed by atoms with Gasteiger partial charge in [0.05, 0.1) is 7.11 Å². The van der Waals surface area contributed by atoms with Crippen molar-refractivity contribution in [3.8, 4) is 11.5 Å². The van der Waals surface area contributed by atoms with Crippen molar-refractivity contribution >= 4 is 10.9 Å². The zero-order chi connectivity index (χ0) is 17.9. The van der Waals surface area contributed by atoms with Crippen LogP contribution in [0, 0.1) is 0 Å². The molecule has 1 saturated carbocycles. The van der Waals surface area contributed by atoms with Gasteiger partial charge in [0.2, 0.25) is 0 Å². The summed E-state index contributed by atoms with van der Waals surface area (Å²) in [6.07, 6.45) is 6.73. The van der Waals surface area contributed by atoms with Crippen molar-refractivity contribution in [3.63, 3.8) is 0 Å². The standard InChI is InChI=1S/C22H26N2O2/c1-25-21-11-18-19(16-8-5-9-17(23)10-16)13-24-20(18)12-22(21)26-14-15-6-3-2-4-7-15/h2-4,6-7,11-13,16-17,24H,5,8-10,14,23H2,1H3. The van der Waals surface area contributed by atoms with E-state index in [-0.39, 0.29) is 0 Å². The molecule has 4 nitrogen and oxygen atoms in total. The lowest BCUT2D eigenvalue weighted by molar-refractivity contribution is 0.285. The van der Waals surface area contributed by atoms with Crippen LogP contribution < -0.4 is 15.2 Å². The van der Waals surface area contributed by atoms with Crippen LogP contribution in [-0.4, -0.2) is 18.1 Å². The second-order valence-electron chi connectivity index (χ2n) is 7.19. The third-order valence-electron chi connectivity index (χ3n) is 5.39. The van der Waals surface area contributed by atoms with E-state index in [2.05, 4.69) is 29.4 Å². The Morgan fingerprint density at radius 2 is 1.96 bits per heavy atom.